The minimum atomic E-state index is -0.538. The molecule has 4 nitrogen and oxygen atoms in total. The predicted octanol–water partition coefficient (Wildman–Crippen LogP) is 4.33. The molecule has 0 unspecified atom stereocenters. The van der Waals surface area contributed by atoms with Crippen LogP contribution in [0.5, 0.6) is 0 Å². The second-order valence-electron chi connectivity index (χ2n) is 7.10. The number of rotatable bonds is 4. The number of nitrogens with zero attached hydrogens (tertiary/aromatic N) is 1. The summed E-state index contributed by atoms with van der Waals surface area (Å²) >= 11 is 0. The molecule has 3 aromatic carbocycles. The molecule has 1 aliphatic heterocycles. The summed E-state index contributed by atoms with van der Waals surface area (Å²) in [6, 6.07) is 22.9. The van der Waals surface area contributed by atoms with Crippen molar-refractivity contribution in [3.8, 4) is 0 Å². The van der Waals surface area contributed by atoms with E-state index in [1.54, 1.807) is 11.0 Å². The van der Waals surface area contributed by atoms with Crippen molar-refractivity contribution in [2.45, 2.75) is 18.9 Å². The summed E-state index contributed by atoms with van der Waals surface area (Å²) in [5.41, 5.74) is 3.01. The number of carbonyl (C=O) groups is 2. The molecule has 0 aliphatic carbocycles. The molecule has 0 saturated heterocycles. The predicted molar refractivity (Wildman–Crippen MR) is 110 cm³/mol. The zero-order valence-corrected chi connectivity index (χ0v) is 15.8. The van der Waals surface area contributed by atoms with Crippen LogP contribution in [0.25, 0.3) is 0 Å². The Labute approximate surface area is 169 Å². The zero-order valence-electron chi connectivity index (χ0n) is 15.8. The summed E-state index contributed by atoms with van der Waals surface area (Å²) in [5, 5.41) is 2.81. The van der Waals surface area contributed by atoms with Gasteiger partial charge in [-0.05, 0) is 35.7 Å². The van der Waals surface area contributed by atoms with Crippen LogP contribution in [0.15, 0.2) is 78.9 Å². The summed E-state index contributed by atoms with van der Waals surface area (Å²) < 4.78 is 14.1. The quantitative estimate of drug-likeness (QED) is 0.723. The van der Waals surface area contributed by atoms with Gasteiger partial charge in [-0.15, -0.1) is 0 Å². The van der Waals surface area contributed by atoms with Crippen LogP contribution in [0.1, 0.15) is 29.2 Å². The molecule has 2 amide bonds. The van der Waals surface area contributed by atoms with Crippen LogP contribution in [0.4, 0.5) is 10.1 Å². The van der Waals surface area contributed by atoms with Crippen LogP contribution in [0.2, 0.25) is 0 Å². The van der Waals surface area contributed by atoms with Gasteiger partial charge in [-0.25, -0.2) is 4.39 Å². The number of amides is 2. The molecule has 0 aromatic heterocycles. The SMILES string of the molecule is O=C1CN(C(=O)CCc2ccccc2)[C@@H](c2ccccc2)c2cc(F)ccc2N1. The molecule has 5 heteroatoms. The van der Waals surface area contributed by atoms with Gasteiger partial charge in [0.15, 0.2) is 0 Å². The Morgan fingerprint density at radius 2 is 1.69 bits per heavy atom. The van der Waals surface area contributed by atoms with Gasteiger partial charge in [-0.1, -0.05) is 60.7 Å². The van der Waals surface area contributed by atoms with Crippen molar-refractivity contribution in [1.29, 1.82) is 0 Å². The number of hydrogen-bond acceptors (Lipinski definition) is 2. The van der Waals surface area contributed by atoms with Crippen molar-refractivity contribution in [1.82, 2.24) is 4.90 Å². The fourth-order valence-electron chi connectivity index (χ4n) is 3.74. The molecule has 1 heterocycles. The molecule has 4 rings (SSSR count). The molecule has 1 aliphatic rings. The van der Waals surface area contributed by atoms with Gasteiger partial charge >= 0.3 is 0 Å². The van der Waals surface area contributed by atoms with E-state index in [0.717, 1.165) is 11.1 Å². The average molecular weight is 388 g/mol. The van der Waals surface area contributed by atoms with Crippen molar-refractivity contribution < 1.29 is 14.0 Å². The third-order valence-corrected chi connectivity index (χ3v) is 5.11. The maximum absolute atomic E-state index is 14.1. The number of benzene rings is 3. The molecule has 0 spiro atoms. The lowest BCUT2D eigenvalue weighted by Gasteiger charge is -2.30. The molecule has 0 saturated carbocycles. The van der Waals surface area contributed by atoms with E-state index in [1.807, 2.05) is 60.7 Å². The molecule has 1 atom stereocenters. The highest BCUT2D eigenvalue weighted by Gasteiger charge is 2.33. The van der Waals surface area contributed by atoms with E-state index in [9.17, 15) is 14.0 Å². The Balaban J connectivity index is 1.71. The van der Waals surface area contributed by atoms with Crippen molar-refractivity contribution >= 4 is 17.5 Å². The van der Waals surface area contributed by atoms with Crippen LogP contribution in [-0.2, 0) is 16.0 Å². The Hall–Kier alpha value is -3.47. The number of halogens is 1. The zero-order chi connectivity index (χ0) is 20.2. The Morgan fingerprint density at radius 1 is 1.00 bits per heavy atom. The fraction of sp³-hybridized carbons (Fsp3) is 0.167. The molecular formula is C24H21FN2O2. The van der Waals surface area contributed by atoms with Crippen LogP contribution in [0, 0.1) is 5.82 Å². The van der Waals surface area contributed by atoms with Gasteiger partial charge in [-0.2, -0.15) is 0 Å². The Bertz CT molecular complexity index is 1020. The minimum absolute atomic E-state index is 0.0799. The van der Waals surface area contributed by atoms with Gasteiger partial charge in [0.05, 0.1) is 6.04 Å². The molecular weight excluding hydrogens is 367 g/mol. The fourth-order valence-corrected chi connectivity index (χ4v) is 3.74. The van der Waals surface area contributed by atoms with E-state index >= 15 is 0 Å². The first-order valence-corrected chi connectivity index (χ1v) is 9.59. The third kappa shape index (κ3) is 4.19. The monoisotopic (exact) mass is 388 g/mol. The smallest absolute Gasteiger partial charge is 0.244 e. The van der Waals surface area contributed by atoms with Gasteiger partial charge in [-0.3, -0.25) is 9.59 Å². The number of anilines is 1. The normalized spacial score (nSPS) is 16.0. The Kier molecular flexibility index (Phi) is 5.38. The van der Waals surface area contributed by atoms with E-state index in [0.29, 0.717) is 17.7 Å². The van der Waals surface area contributed by atoms with E-state index in [2.05, 4.69) is 5.32 Å². The van der Waals surface area contributed by atoms with Crippen LogP contribution < -0.4 is 5.32 Å². The van der Waals surface area contributed by atoms with Crippen molar-refractivity contribution in [2.24, 2.45) is 0 Å². The summed E-state index contributed by atoms with van der Waals surface area (Å²) in [6.45, 7) is -0.0799. The molecule has 146 valence electrons. The number of fused-ring (bicyclic) bond motifs is 1. The lowest BCUT2D eigenvalue weighted by Crippen LogP contribution is -2.39. The van der Waals surface area contributed by atoms with E-state index in [1.165, 1.54) is 12.1 Å². The molecule has 29 heavy (non-hydrogen) atoms. The van der Waals surface area contributed by atoms with Crippen molar-refractivity contribution in [3.05, 3.63) is 101 Å². The highest BCUT2D eigenvalue weighted by Crippen LogP contribution is 2.36. The van der Waals surface area contributed by atoms with E-state index in [-0.39, 0.29) is 24.8 Å². The highest BCUT2D eigenvalue weighted by atomic mass is 19.1. The molecule has 0 radical (unpaired) electrons. The third-order valence-electron chi connectivity index (χ3n) is 5.11. The lowest BCUT2D eigenvalue weighted by molar-refractivity contribution is -0.136. The van der Waals surface area contributed by atoms with Crippen LogP contribution in [-0.4, -0.2) is 23.3 Å². The summed E-state index contributed by atoms with van der Waals surface area (Å²) in [6.07, 6.45) is 0.848. The van der Waals surface area contributed by atoms with Gasteiger partial charge in [0.2, 0.25) is 11.8 Å². The van der Waals surface area contributed by atoms with E-state index in [4.69, 9.17) is 0 Å². The summed E-state index contributed by atoms with van der Waals surface area (Å²) in [4.78, 5) is 27.3. The summed E-state index contributed by atoms with van der Waals surface area (Å²) in [5.74, 6) is -0.836. The van der Waals surface area contributed by atoms with Gasteiger partial charge in [0, 0.05) is 17.7 Å². The summed E-state index contributed by atoms with van der Waals surface area (Å²) in [7, 11) is 0. The van der Waals surface area contributed by atoms with Crippen molar-refractivity contribution in [2.75, 3.05) is 11.9 Å². The molecule has 1 N–H and O–H groups in total. The lowest BCUT2D eigenvalue weighted by atomic mass is 9.95. The second-order valence-corrected chi connectivity index (χ2v) is 7.10. The number of nitrogens with one attached hydrogen (secondary N) is 1. The molecule has 3 aromatic rings. The number of aryl methyl sites for hydroxylation is 1. The minimum Gasteiger partial charge on any atom is -0.324 e. The largest absolute Gasteiger partial charge is 0.324 e. The molecule has 0 bridgehead atoms. The second kappa shape index (κ2) is 8.27. The van der Waals surface area contributed by atoms with E-state index < -0.39 is 11.9 Å². The topological polar surface area (TPSA) is 49.4 Å². The van der Waals surface area contributed by atoms with Gasteiger partial charge < -0.3 is 10.2 Å². The molecule has 0 fully saturated rings. The number of carbonyl (C=O) groups excluding carboxylic acids is 2. The first-order chi connectivity index (χ1) is 14.1. The maximum Gasteiger partial charge on any atom is 0.244 e. The first kappa shape index (κ1) is 18.9. The van der Waals surface area contributed by atoms with Crippen molar-refractivity contribution in [3.63, 3.8) is 0 Å². The highest BCUT2D eigenvalue weighted by molar-refractivity contribution is 5.97. The Morgan fingerprint density at radius 3 is 2.41 bits per heavy atom. The van der Waals surface area contributed by atoms with Crippen LogP contribution in [0.3, 0.4) is 0 Å². The van der Waals surface area contributed by atoms with Gasteiger partial charge in [0.1, 0.15) is 12.4 Å². The maximum atomic E-state index is 14.1. The van der Waals surface area contributed by atoms with Crippen LogP contribution >= 0.6 is 0 Å². The number of hydrogen-bond donors (Lipinski definition) is 1. The first-order valence-electron chi connectivity index (χ1n) is 9.59. The van der Waals surface area contributed by atoms with Gasteiger partial charge in [0.25, 0.3) is 0 Å². The standard InChI is InChI=1S/C24H21FN2O2/c25-19-12-13-21-20(15-19)24(18-9-5-2-6-10-18)27(16-22(28)26-21)23(29)14-11-17-7-3-1-4-8-17/h1-10,12-13,15,24H,11,14,16H2,(H,26,28)/t24-/m0/s1. The average Bonchev–Trinajstić information content (AvgIpc) is 2.89.